The molecule has 24 heavy (non-hydrogen) atoms. The molecule has 6 heteroatoms. The molecule has 0 unspecified atom stereocenters. The number of nitro groups is 1. The Hall–Kier alpha value is -2.89. The highest BCUT2D eigenvalue weighted by atomic mass is 16.6. The molecule has 0 saturated carbocycles. The topological polar surface area (TPSA) is 81.5 Å². The van der Waals surface area contributed by atoms with Gasteiger partial charge >= 0.3 is 0 Å². The van der Waals surface area contributed by atoms with Crippen LogP contribution in [-0.4, -0.2) is 17.4 Å². The van der Waals surface area contributed by atoms with E-state index in [9.17, 15) is 14.9 Å². The van der Waals surface area contributed by atoms with E-state index < -0.39 is 10.8 Å². The molecule has 2 aromatic carbocycles. The van der Waals surface area contributed by atoms with Crippen molar-refractivity contribution in [1.29, 1.82) is 0 Å². The lowest BCUT2D eigenvalue weighted by Gasteiger charge is -2.12. The van der Waals surface area contributed by atoms with Crippen molar-refractivity contribution in [2.45, 2.75) is 27.7 Å². The second kappa shape index (κ2) is 7.12. The average molecular weight is 328 g/mol. The molecule has 0 aliphatic rings. The fourth-order valence-electron chi connectivity index (χ4n) is 2.39. The number of carbonyl (C=O) groups is 1. The summed E-state index contributed by atoms with van der Waals surface area (Å²) in [5, 5.41) is 13.7. The summed E-state index contributed by atoms with van der Waals surface area (Å²) in [7, 11) is 0. The number of nitro benzene ring substituents is 1. The van der Waals surface area contributed by atoms with E-state index in [-0.39, 0.29) is 18.0 Å². The summed E-state index contributed by atoms with van der Waals surface area (Å²) in [5.41, 5.74) is 3.67. The van der Waals surface area contributed by atoms with Gasteiger partial charge in [0.1, 0.15) is 11.4 Å². The molecule has 126 valence electrons. The van der Waals surface area contributed by atoms with Crippen LogP contribution in [0.2, 0.25) is 0 Å². The number of amides is 1. The third-order valence-corrected chi connectivity index (χ3v) is 3.86. The maximum absolute atomic E-state index is 12.1. The van der Waals surface area contributed by atoms with E-state index in [1.54, 1.807) is 19.1 Å². The highest BCUT2D eigenvalue weighted by Crippen LogP contribution is 2.30. The molecule has 0 radical (unpaired) electrons. The Labute approximate surface area is 140 Å². The number of aryl methyl sites for hydroxylation is 3. The molecule has 0 fully saturated rings. The maximum Gasteiger partial charge on any atom is 0.293 e. The van der Waals surface area contributed by atoms with Gasteiger partial charge in [0.25, 0.3) is 11.6 Å². The van der Waals surface area contributed by atoms with Crippen LogP contribution >= 0.6 is 0 Å². The first-order valence-electron chi connectivity index (χ1n) is 7.54. The Bertz CT molecular complexity index is 800. The van der Waals surface area contributed by atoms with Crippen LogP contribution in [0.25, 0.3) is 0 Å². The smallest absolute Gasteiger partial charge is 0.293 e. The molecule has 0 saturated heterocycles. The van der Waals surface area contributed by atoms with E-state index >= 15 is 0 Å². The number of nitrogens with one attached hydrogen (secondary N) is 1. The number of anilines is 1. The summed E-state index contributed by atoms with van der Waals surface area (Å²) in [6.45, 7) is 7.23. The molecule has 0 aliphatic carbocycles. The molecule has 0 aromatic heterocycles. The monoisotopic (exact) mass is 328 g/mol. The minimum atomic E-state index is -0.507. The van der Waals surface area contributed by atoms with Crippen molar-refractivity contribution < 1.29 is 14.5 Å². The van der Waals surface area contributed by atoms with E-state index in [0.717, 1.165) is 16.7 Å². The first-order valence-corrected chi connectivity index (χ1v) is 7.54. The van der Waals surface area contributed by atoms with Crippen molar-refractivity contribution in [3.63, 3.8) is 0 Å². The molecular formula is C18H20N2O4. The molecule has 0 atom stereocenters. The number of benzene rings is 2. The Morgan fingerprint density at radius 3 is 2.46 bits per heavy atom. The van der Waals surface area contributed by atoms with Crippen LogP contribution in [0.15, 0.2) is 30.3 Å². The van der Waals surface area contributed by atoms with E-state index in [0.29, 0.717) is 11.3 Å². The van der Waals surface area contributed by atoms with Crippen molar-refractivity contribution in [1.82, 2.24) is 0 Å². The first kappa shape index (κ1) is 17.5. The zero-order valence-electron chi connectivity index (χ0n) is 14.2. The van der Waals surface area contributed by atoms with Crippen molar-refractivity contribution >= 4 is 17.3 Å². The van der Waals surface area contributed by atoms with Crippen molar-refractivity contribution in [3.8, 4) is 5.75 Å². The summed E-state index contributed by atoms with van der Waals surface area (Å²) in [5.74, 6) is 0.179. The summed E-state index contributed by atoms with van der Waals surface area (Å²) < 4.78 is 5.51. The minimum Gasteiger partial charge on any atom is -0.483 e. The predicted molar refractivity (Wildman–Crippen MR) is 92.6 cm³/mol. The lowest BCUT2D eigenvalue weighted by atomic mass is 10.1. The van der Waals surface area contributed by atoms with Gasteiger partial charge in [0.15, 0.2) is 6.61 Å². The number of ether oxygens (including phenoxy) is 1. The molecule has 0 aliphatic heterocycles. The van der Waals surface area contributed by atoms with Gasteiger partial charge in [0.05, 0.1) is 4.92 Å². The molecular weight excluding hydrogens is 308 g/mol. The van der Waals surface area contributed by atoms with Gasteiger partial charge in [0.2, 0.25) is 0 Å². The lowest BCUT2D eigenvalue weighted by molar-refractivity contribution is -0.384. The van der Waals surface area contributed by atoms with Gasteiger partial charge in [-0.1, -0.05) is 23.8 Å². The van der Waals surface area contributed by atoms with Crippen molar-refractivity contribution in [3.05, 3.63) is 62.7 Å². The third kappa shape index (κ3) is 3.90. The molecule has 1 N–H and O–H groups in total. The summed E-state index contributed by atoms with van der Waals surface area (Å²) >= 11 is 0. The number of carbonyl (C=O) groups excluding carboxylic acids is 1. The highest BCUT2D eigenvalue weighted by molar-refractivity contribution is 5.95. The fourth-order valence-corrected chi connectivity index (χ4v) is 2.39. The largest absolute Gasteiger partial charge is 0.483 e. The fraction of sp³-hybridized carbons (Fsp3) is 0.278. The average Bonchev–Trinajstić information content (AvgIpc) is 2.50. The lowest BCUT2D eigenvalue weighted by Crippen LogP contribution is -2.21. The minimum absolute atomic E-state index is 0.127. The van der Waals surface area contributed by atoms with Crippen molar-refractivity contribution in [2.24, 2.45) is 0 Å². The van der Waals surface area contributed by atoms with Crippen LogP contribution < -0.4 is 10.1 Å². The van der Waals surface area contributed by atoms with Crippen LogP contribution in [0.3, 0.4) is 0 Å². The van der Waals surface area contributed by atoms with Crippen LogP contribution in [0.5, 0.6) is 5.75 Å². The molecule has 0 heterocycles. The van der Waals surface area contributed by atoms with E-state index in [1.165, 1.54) is 6.07 Å². The van der Waals surface area contributed by atoms with Gasteiger partial charge in [0, 0.05) is 6.07 Å². The molecule has 2 rings (SSSR count). The van der Waals surface area contributed by atoms with Gasteiger partial charge in [-0.05, 0) is 50.5 Å². The number of hydrogen-bond donors (Lipinski definition) is 1. The molecule has 2 aromatic rings. The third-order valence-electron chi connectivity index (χ3n) is 3.86. The first-order chi connectivity index (χ1) is 11.3. The van der Waals surface area contributed by atoms with Crippen LogP contribution in [0, 0.1) is 37.8 Å². The Balaban J connectivity index is 2.13. The van der Waals surface area contributed by atoms with Crippen LogP contribution in [0.4, 0.5) is 11.4 Å². The Morgan fingerprint density at radius 1 is 1.12 bits per heavy atom. The van der Waals surface area contributed by atoms with Gasteiger partial charge in [-0.15, -0.1) is 0 Å². The zero-order valence-corrected chi connectivity index (χ0v) is 14.2. The van der Waals surface area contributed by atoms with Gasteiger partial charge < -0.3 is 10.1 Å². The van der Waals surface area contributed by atoms with Crippen LogP contribution in [-0.2, 0) is 4.79 Å². The summed E-state index contributed by atoms with van der Waals surface area (Å²) in [6.07, 6.45) is 0. The predicted octanol–water partition coefficient (Wildman–Crippen LogP) is 3.85. The highest BCUT2D eigenvalue weighted by Gasteiger charge is 2.19. The quantitative estimate of drug-likeness (QED) is 0.668. The molecule has 6 nitrogen and oxygen atoms in total. The van der Waals surface area contributed by atoms with Crippen molar-refractivity contribution in [2.75, 3.05) is 11.9 Å². The number of nitrogens with zero attached hydrogens (tertiary/aromatic N) is 1. The van der Waals surface area contributed by atoms with E-state index in [1.807, 2.05) is 32.9 Å². The summed E-state index contributed by atoms with van der Waals surface area (Å²) in [4.78, 5) is 22.8. The normalized spacial score (nSPS) is 10.3. The Kier molecular flexibility index (Phi) is 5.18. The second-order valence-corrected chi connectivity index (χ2v) is 5.76. The van der Waals surface area contributed by atoms with Gasteiger partial charge in [-0.2, -0.15) is 0 Å². The molecule has 0 bridgehead atoms. The van der Waals surface area contributed by atoms with Crippen LogP contribution in [0.1, 0.15) is 22.3 Å². The molecule has 0 spiro atoms. The number of rotatable bonds is 5. The van der Waals surface area contributed by atoms with Gasteiger partial charge in [-0.25, -0.2) is 0 Å². The Morgan fingerprint density at radius 2 is 1.83 bits per heavy atom. The summed E-state index contributed by atoms with van der Waals surface area (Å²) in [6, 6.07) is 8.72. The molecule has 1 amide bonds. The standard InChI is InChI=1S/C18H20N2O4/c1-11-5-8-16(13(3)9-11)24-10-17(21)19-18-14(4)12(2)6-7-15(18)20(22)23/h5-9H,10H2,1-4H3,(H,19,21). The van der Waals surface area contributed by atoms with E-state index in [2.05, 4.69) is 5.32 Å². The SMILES string of the molecule is Cc1ccc(OCC(=O)Nc2c([N+](=O)[O-])ccc(C)c2C)c(C)c1. The van der Waals surface area contributed by atoms with E-state index in [4.69, 9.17) is 4.74 Å². The number of hydrogen-bond acceptors (Lipinski definition) is 4. The van der Waals surface area contributed by atoms with Gasteiger partial charge in [-0.3, -0.25) is 14.9 Å². The second-order valence-electron chi connectivity index (χ2n) is 5.76. The zero-order chi connectivity index (χ0) is 17.9. The maximum atomic E-state index is 12.1.